The molecule has 0 unspecified atom stereocenters. The van der Waals surface area contributed by atoms with Crippen LogP contribution in [-0.4, -0.2) is 11.0 Å². The van der Waals surface area contributed by atoms with Crippen LogP contribution in [0.15, 0.2) is 28.9 Å². The van der Waals surface area contributed by atoms with E-state index in [4.69, 9.17) is 9.15 Å². The van der Waals surface area contributed by atoms with Gasteiger partial charge in [-0.2, -0.15) is 4.98 Å². The highest BCUT2D eigenvalue weighted by Gasteiger charge is 2.20. The molecule has 100 valence electrons. The van der Waals surface area contributed by atoms with E-state index in [0.29, 0.717) is 18.3 Å². The molecule has 0 spiro atoms. The third-order valence-corrected chi connectivity index (χ3v) is 2.78. The number of nitrogens with one attached hydrogen (secondary N) is 1. The SMILES string of the molecule is Fc1ccc(Oc2nc(CNC3CC3)co2)cc1F. The van der Waals surface area contributed by atoms with Crippen molar-refractivity contribution >= 4 is 0 Å². The van der Waals surface area contributed by atoms with Gasteiger partial charge in [0, 0.05) is 18.7 Å². The molecule has 3 rings (SSSR count). The number of nitrogens with zero attached hydrogens (tertiary/aromatic N) is 1. The molecule has 6 heteroatoms. The molecule has 2 aromatic rings. The average molecular weight is 266 g/mol. The van der Waals surface area contributed by atoms with E-state index in [1.807, 2.05) is 0 Å². The summed E-state index contributed by atoms with van der Waals surface area (Å²) in [7, 11) is 0. The van der Waals surface area contributed by atoms with Crippen molar-refractivity contribution in [3.8, 4) is 11.8 Å². The third kappa shape index (κ3) is 3.08. The quantitative estimate of drug-likeness (QED) is 0.903. The molecule has 0 saturated heterocycles. The molecule has 0 bridgehead atoms. The summed E-state index contributed by atoms with van der Waals surface area (Å²) in [6.07, 6.45) is 3.87. The summed E-state index contributed by atoms with van der Waals surface area (Å²) in [5, 5.41) is 3.28. The molecule has 0 radical (unpaired) electrons. The minimum absolute atomic E-state index is 0.0126. The molecule has 1 saturated carbocycles. The van der Waals surface area contributed by atoms with E-state index in [-0.39, 0.29) is 11.8 Å². The van der Waals surface area contributed by atoms with Crippen LogP contribution in [-0.2, 0) is 6.54 Å². The first-order valence-corrected chi connectivity index (χ1v) is 6.01. The van der Waals surface area contributed by atoms with E-state index in [2.05, 4.69) is 10.3 Å². The number of benzene rings is 1. The van der Waals surface area contributed by atoms with Crippen molar-refractivity contribution in [1.82, 2.24) is 10.3 Å². The van der Waals surface area contributed by atoms with Gasteiger partial charge in [-0.1, -0.05) is 0 Å². The summed E-state index contributed by atoms with van der Waals surface area (Å²) in [5.41, 5.74) is 0.712. The first-order chi connectivity index (χ1) is 9.20. The molecule has 1 aliphatic rings. The Hall–Kier alpha value is -1.95. The van der Waals surface area contributed by atoms with Crippen molar-refractivity contribution in [2.75, 3.05) is 0 Å². The van der Waals surface area contributed by atoms with Gasteiger partial charge in [0.2, 0.25) is 0 Å². The maximum atomic E-state index is 13.0. The average Bonchev–Trinajstić information content (AvgIpc) is 3.12. The van der Waals surface area contributed by atoms with Crippen LogP contribution in [0.4, 0.5) is 8.78 Å². The minimum Gasteiger partial charge on any atom is -0.417 e. The van der Waals surface area contributed by atoms with Crippen LogP contribution in [0, 0.1) is 11.6 Å². The lowest BCUT2D eigenvalue weighted by atomic mass is 10.3. The Morgan fingerprint density at radius 3 is 2.89 bits per heavy atom. The van der Waals surface area contributed by atoms with E-state index in [1.165, 1.54) is 25.2 Å². The third-order valence-electron chi connectivity index (χ3n) is 2.78. The molecule has 1 fully saturated rings. The number of oxazole rings is 1. The molecule has 0 aliphatic heterocycles. The number of hydrogen-bond donors (Lipinski definition) is 1. The predicted molar refractivity (Wildman–Crippen MR) is 62.8 cm³/mol. The van der Waals surface area contributed by atoms with Gasteiger partial charge in [0.15, 0.2) is 11.6 Å². The summed E-state index contributed by atoms with van der Waals surface area (Å²) >= 11 is 0. The van der Waals surface area contributed by atoms with Crippen LogP contribution in [0.5, 0.6) is 11.8 Å². The van der Waals surface area contributed by atoms with Gasteiger partial charge in [0.1, 0.15) is 12.0 Å². The summed E-state index contributed by atoms with van der Waals surface area (Å²) in [5.74, 6) is -1.75. The Kier molecular flexibility index (Phi) is 3.16. The predicted octanol–water partition coefficient (Wildman–Crippen LogP) is 3.00. The van der Waals surface area contributed by atoms with E-state index in [9.17, 15) is 8.78 Å². The smallest absolute Gasteiger partial charge is 0.399 e. The van der Waals surface area contributed by atoms with Crippen molar-refractivity contribution in [2.45, 2.75) is 25.4 Å². The molecule has 1 aromatic carbocycles. The van der Waals surface area contributed by atoms with Gasteiger partial charge in [-0.25, -0.2) is 8.78 Å². The van der Waals surface area contributed by atoms with Gasteiger partial charge < -0.3 is 14.5 Å². The Bertz CT molecular complexity index is 582. The van der Waals surface area contributed by atoms with Crippen LogP contribution in [0.3, 0.4) is 0 Å². The fraction of sp³-hybridized carbons (Fsp3) is 0.308. The first-order valence-electron chi connectivity index (χ1n) is 6.01. The van der Waals surface area contributed by atoms with Crippen LogP contribution in [0.25, 0.3) is 0 Å². The van der Waals surface area contributed by atoms with Gasteiger partial charge in [0.25, 0.3) is 0 Å². The molecule has 1 aromatic heterocycles. The van der Waals surface area contributed by atoms with Crippen LogP contribution in [0.1, 0.15) is 18.5 Å². The van der Waals surface area contributed by atoms with E-state index in [0.717, 1.165) is 12.1 Å². The second kappa shape index (κ2) is 4.97. The Morgan fingerprint density at radius 2 is 2.16 bits per heavy atom. The number of halogens is 2. The Morgan fingerprint density at radius 1 is 1.32 bits per heavy atom. The van der Waals surface area contributed by atoms with E-state index in [1.54, 1.807) is 0 Å². The zero-order valence-electron chi connectivity index (χ0n) is 10.0. The van der Waals surface area contributed by atoms with Crippen molar-refractivity contribution in [1.29, 1.82) is 0 Å². The normalized spacial score (nSPS) is 14.6. The number of ether oxygens (including phenoxy) is 1. The van der Waals surface area contributed by atoms with Crippen molar-refractivity contribution in [3.63, 3.8) is 0 Å². The zero-order chi connectivity index (χ0) is 13.2. The molecular weight excluding hydrogens is 254 g/mol. The van der Waals surface area contributed by atoms with Gasteiger partial charge in [-0.05, 0) is 25.0 Å². The van der Waals surface area contributed by atoms with Gasteiger partial charge in [-0.3, -0.25) is 0 Å². The summed E-state index contributed by atoms with van der Waals surface area (Å²) in [6, 6.07) is 3.82. The molecule has 1 aliphatic carbocycles. The number of hydrogen-bond acceptors (Lipinski definition) is 4. The second-order valence-corrected chi connectivity index (χ2v) is 4.44. The topological polar surface area (TPSA) is 47.3 Å². The fourth-order valence-electron chi connectivity index (χ4n) is 1.59. The molecule has 1 N–H and O–H groups in total. The van der Waals surface area contributed by atoms with Gasteiger partial charge in [-0.15, -0.1) is 0 Å². The van der Waals surface area contributed by atoms with Crippen LogP contribution in [0.2, 0.25) is 0 Å². The molecular formula is C13H12F2N2O2. The summed E-state index contributed by atoms with van der Waals surface area (Å²) < 4.78 is 36.0. The number of rotatable bonds is 5. The highest BCUT2D eigenvalue weighted by molar-refractivity contribution is 5.25. The molecule has 4 nitrogen and oxygen atoms in total. The standard InChI is InChI=1S/C13H12F2N2O2/c14-11-4-3-10(5-12(11)15)19-13-17-9(7-18-13)6-16-8-1-2-8/h3-5,7-8,16H,1-2,6H2. The summed E-state index contributed by atoms with van der Waals surface area (Å²) in [6.45, 7) is 0.606. The van der Waals surface area contributed by atoms with Crippen molar-refractivity contribution in [2.24, 2.45) is 0 Å². The highest BCUT2D eigenvalue weighted by Crippen LogP contribution is 2.23. The fourth-order valence-corrected chi connectivity index (χ4v) is 1.59. The molecule has 1 heterocycles. The maximum Gasteiger partial charge on any atom is 0.399 e. The zero-order valence-corrected chi connectivity index (χ0v) is 10.0. The Labute approximate surface area is 108 Å². The first kappa shape index (κ1) is 12.1. The highest BCUT2D eigenvalue weighted by atomic mass is 19.2. The molecule has 0 atom stereocenters. The summed E-state index contributed by atoms with van der Waals surface area (Å²) in [4.78, 5) is 4.09. The monoisotopic (exact) mass is 266 g/mol. The van der Waals surface area contributed by atoms with Crippen LogP contribution < -0.4 is 10.1 Å². The lowest BCUT2D eigenvalue weighted by Crippen LogP contribution is -2.15. The van der Waals surface area contributed by atoms with Crippen molar-refractivity contribution < 1.29 is 17.9 Å². The van der Waals surface area contributed by atoms with Gasteiger partial charge >= 0.3 is 6.08 Å². The van der Waals surface area contributed by atoms with Gasteiger partial charge in [0.05, 0.1) is 5.69 Å². The minimum atomic E-state index is -0.973. The van der Waals surface area contributed by atoms with Crippen LogP contribution >= 0.6 is 0 Å². The number of aromatic nitrogens is 1. The lowest BCUT2D eigenvalue weighted by molar-refractivity contribution is 0.328. The maximum absolute atomic E-state index is 13.0. The Balaban J connectivity index is 1.63. The second-order valence-electron chi connectivity index (χ2n) is 4.44. The van der Waals surface area contributed by atoms with E-state index >= 15 is 0 Å². The molecule has 19 heavy (non-hydrogen) atoms. The van der Waals surface area contributed by atoms with Crippen molar-refractivity contribution in [3.05, 3.63) is 41.8 Å². The molecule has 0 amide bonds. The lowest BCUT2D eigenvalue weighted by Gasteiger charge is -2.00. The largest absolute Gasteiger partial charge is 0.417 e. The van der Waals surface area contributed by atoms with E-state index < -0.39 is 11.6 Å².